The molecule has 0 amide bonds. The first kappa shape index (κ1) is 11.2. The van der Waals surface area contributed by atoms with Gasteiger partial charge in [-0.1, -0.05) is 12.2 Å². The first-order valence-electron chi connectivity index (χ1n) is 5.26. The first-order valence-corrected chi connectivity index (χ1v) is 5.26. The highest BCUT2D eigenvalue weighted by atomic mass is 16.5. The van der Waals surface area contributed by atoms with E-state index in [9.17, 15) is 4.79 Å². The van der Waals surface area contributed by atoms with Crippen molar-refractivity contribution < 1.29 is 9.53 Å². The Morgan fingerprint density at radius 2 is 2.36 bits per heavy atom. The number of hydrogen-bond acceptors (Lipinski definition) is 3. The molecule has 0 saturated carbocycles. The lowest BCUT2D eigenvalue weighted by atomic mass is 9.95. The summed E-state index contributed by atoms with van der Waals surface area (Å²) in [6, 6.07) is 0. The van der Waals surface area contributed by atoms with Gasteiger partial charge in [-0.25, -0.2) is 0 Å². The van der Waals surface area contributed by atoms with Crippen molar-refractivity contribution in [2.24, 2.45) is 11.7 Å². The standard InChI is InChI=1S/C11H19NO2/c1-9(13)14-11-6-2-4-10(8-12)5-3-7-11/h2,4,10-11H,3,5-8,12H2,1H3/b4-2+. The molecule has 0 aromatic heterocycles. The van der Waals surface area contributed by atoms with Gasteiger partial charge in [-0.2, -0.15) is 0 Å². The Labute approximate surface area is 85.3 Å². The van der Waals surface area contributed by atoms with Gasteiger partial charge in [0.25, 0.3) is 0 Å². The van der Waals surface area contributed by atoms with Gasteiger partial charge >= 0.3 is 5.97 Å². The van der Waals surface area contributed by atoms with Crippen LogP contribution in [0.25, 0.3) is 0 Å². The Balaban J connectivity index is 2.41. The smallest absolute Gasteiger partial charge is 0.302 e. The molecule has 1 aliphatic carbocycles. The predicted octanol–water partition coefficient (Wildman–Crippen LogP) is 1.62. The lowest BCUT2D eigenvalue weighted by Crippen LogP contribution is -2.19. The topological polar surface area (TPSA) is 52.3 Å². The molecule has 1 rings (SSSR count). The molecule has 0 radical (unpaired) electrons. The molecule has 2 atom stereocenters. The molecular formula is C11H19NO2. The van der Waals surface area contributed by atoms with Crippen molar-refractivity contribution in [3.05, 3.63) is 12.2 Å². The summed E-state index contributed by atoms with van der Waals surface area (Å²) in [5.74, 6) is 0.327. The number of hydrogen-bond donors (Lipinski definition) is 1. The van der Waals surface area contributed by atoms with E-state index in [1.807, 2.05) is 0 Å². The van der Waals surface area contributed by atoms with Gasteiger partial charge < -0.3 is 10.5 Å². The van der Waals surface area contributed by atoms with Gasteiger partial charge in [-0.05, 0) is 31.7 Å². The van der Waals surface area contributed by atoms with E-state index < -0.39 is 0 Å². The summed E-state index contributed by atoms with van der Waals surface area (Å²) in [5.41, 5.74) is 5.60. The molecule has 0 aliphatic heterocycles. The lowest BCUT2D eigenvalue weighted by molar-refractivity contribution is -0.146. The van der Waals surface area contributed by atoms with Crippen molar-refractivity contribution in [3.8, 4) is 0 Å². The van der Waals surface area contributed by atoms with Crippen molar-refractivity contribution >= 4 is 5.97 Å². The fourth-order valence-electron chi connectivity index (χ4n) is 1.78. The number of ether oxygens (including phenoxy) is 1. The highest BCUT2D eigenvalue weighted by Crippen LogP contribution is 2.18. The minimum Gasteiger partial charge on any atom is -0.462 e. The zero-order valence-electron chi connectivity index (χ0n) is 8.74. The van der Waals surface area contributed by atoms with E-state index in [0.717, 1.165) is 25.7 Å². The molecule has 1 aliphatic rings. The van der Waals surface area contributed by atoms with Crippen LogP contribution in [0.5, 0.6) is 0 Å². The maximum absolute atomic E-state index is 10.8. The summed E-state index contributed by atoms with van der Waals surface area (Å²) in [5, 5.41) is 0. The number of esters is 1. The van der Waals surface area contributed by atoms with Crippen LogP contribution in [0.2, 0.25) is 0 Å². The average Bonchev–Trinajstić information content (AvgIpc) is 2.08. The van der Waals surface area contributed by atoms with Crippen molar-refractivity contribution in [3.63, 3.8) is 0 Å². The quantitative estimate of drug-likeness (QED) is 0.540. The molecule has 14 heavy (non-hydrogen) atoms. The zero-order valence-corrected chi connectivity index (χ0v) is 8.74. The molecule has 0 bridgehead atoms. The van der Waals surface area contributed by atoms with Gasteiger partial charge in [0.2, 0.25) is 0 Å². The molecule has 2 unspecified atom stereocenters. The Bertz CT molecular complexity index is 213. The van der Waals surface area contributed by atoms with E-state index >= 15 is 0 Å². The van der Waals surface area contributed by atoms with E-state index in [2.05, 4.69) is 12.2 Å². The molecule has 0 aromatic rings. The Morgan fingerprint density at radius 3 is 3.00 bits per heavy atom. The third-order valence-electron chi connectivity index (χ3n) is 2.54. The molecule has 0 heterocycles. The zero-order chi connectivity index (χ0) is 10.4. The second-order valence-electron chi connectivity index (χ2n) is 3.82. The predicted molar refractivity (Wildman–Crippen MR) is 55.7 cm³/mol. The third-order valence-corrected chi connectivity index (χ3v) is 2.54. The highest BCUT2D eigenvalue weighted by Gasteiger charge is 2.14. The van der Waals surface area contributed by atoms with Crippen LogP contribution in [0.15, 0.2) is 12.2 Å². The molecule has 0 aromatic carbocycles. The second kappa shape index (κ2) is 5.81. The van der Waals surface area contributed by atoms with Gasteiger partial charge in [0, 0.05) is 13.3 Å². The fourth-order valence-corrected chi connectivity index (χ4v) is 1.78. The minimum absolute atomic E-state index is 0.0717. The average molecular weight is 197 g/mol. The van der Waals surface area contributed by atoms with Crippen LogP contribution in [-0.4, -0.2) is 18.6 Å². The molecule has 3 nitrogen and oxygen atoms in total. The first-order chi connectivity index (χ1) is 6.72. The SMILES string of the molecule is CC(=O)OC1C/C=C/C(CN)CCC1. The van der Waals surface area contributed by atoms with Crippen molar-refractivity contribution in [2.45, 2.75) is 38.7 Å². The lowest BCUT2D eigenvalue weighted by Gasteiger charge is -2.19. The van der Waals surface area contributed by atoms with Crippen LogP contribution in [0.3, 0.4) is 0 Å². The molecule has 0 spiro atoms. The summed E-state index contributed by atoms with van der Waals surface area (Å²) in [7, 11) is 0. The summed E-state index contributed by atoms with van der Waals surface area (Å²) >= 11 is 0. The van der Waals surface area contributed by atoms with Crippen LogP contribution < -0.4 is 5.73 Å². The van der Waals surface area contributed by atoms with E-state index in [-0.39, 0.29) is 12.1 Å². The molecule has 0 saturated heterocycles. The maximum Gasteiger partial charge on any atom is 0.302 e. The Kier molecular flexibility index (Phi) is 4.66. The van der Waals surface area contributed by atoms with E-state index in [0.29, 0.717) is 12.5 Å². The number of carbonyl (C=O) groups is 1. The fraction of sp³-hybridized carbons (Fsp3) is 0.727. The summed E-state index contributed by atoms with van der Waals surface area (Å²) in [6.45, 7) is 2.18. The highest BCUT2D eigenvalue weighted by molar-refractivity contribution is 5.66. The van der Waals surface area contributed by atoms with Crippen LogP contribution in [0.4, 0.5) is 0 Å². The van der Waals surface area contributed by atoms with E-state index in [1.165, 1.54) is 6.92 Å². The number of carbonyl (C=O) groups excluding carboxylic acids is 1. The van der Waals surface area contributed by atoms with Crippen LogP contribution in [0.1, 0.15) is 32.6 Å². The van der Waals surface area contributed by atoms with E-state index in [1.54, 1.807) is 0 Å². The van der Waals surface area contributed by atoms with Gasteiger partial charge in [0.15, 0.2) is 0 Å². The summed E-state index contributed by atoms with van der Waals surface area (Å²) < 4.78 is 5.17. The molecule has 0 fully saturated rings. The molecule has 80 valence electrons. The number of nitrogens with two attached hydrogens (primary N) is 1. The van der Waals surface area contributed by atoms with Crippen molar-refractivity contribution in [1.29, 1.82) is 0 Å². The van der Waals surface area contributed by atoms with Crippen LogP contribution in [-0.2, 0) is 9.53 Å². The van der Waals surface area contributed by atoms with Gasteiger partial charge in [-0.15, -0.1) is 0 Å². The summed E-state index contributed by atoms with van der Waals surface area (Å²) in [6.07, 6.45) is 8.29. The van der Waals surface area contributed by atoms with Crippen LogP contribution >= 0.6 is 0 Å². The number of rotatable bonds is 2. The normalized spacial score (nSPS) is 30.1. The molecule has 2 N–H and O–H groups in total. The molecule has 3 heteroatoms. The van der Waals surface area contributed by atoms with Crippen molar-refractivity contribution in [2.75, 3.05) is 6.54 Å². The minimum atomic E-state index is -0.181. The maximum atomic E-state index is 10.8. The van der Waals surface area contributed by atoms with Crippen molar-refractivity contribution in [1.82, 2.24) is 0 Å². The van der Waals surface area contributed by atoms with Gasteiger partial charge in [-0.3, -0.25) is 4.79 Å². The largest absolute Gasteiger partial charge is 0.462 e. The Hall–Kier alpha value is -0.830. The third kappa shape index (κ3) is 3.92. The second-order valence-corrected chi connectivity index (χ2v) is 3.82. The van der Waals surface area contributed by atoms with Gasteiger partial charge in [0.05, 0.1) is 0 Å². The van der Waals surface area contributed by atoms with Gasteiger partial charge in [0.1, 0.15) is 6.10 Å². The summed E-state index contributed by atoms with van der Waals surface area (Å²) in [4.78, 5) is 10.8. The Morgan fingerprint density at radius 1 is 1.57 bits per heavy atom. The monoisotopic (exact) mass is 197 g/mol. The van der Waals surface area contributed by atoms with Crippen LogP contribution in [0, 0.1) is 5.92 Å². The van der Waals surface area contributed by atoms with E-state index in [4.69, 9.17) is 10.5 Å². The molecular weight excluding hydrogens is 178 g/mol.